The Kier molecular flexibility index (Phi) is 5.12. The molecule has 2 aliphatic rings. The number of β-amino-alcohol motifs (C(OH)–C–C–N with tert-alkyl or cyclic N) is 1. The van der Waals surface area contributed by atoms with E-state index in [9.17, 15) is 24.1 Å². The predicted molar refractivity (Wildman–Crippen MR) is 101 cm³/mol. The molecule has 0 radical (unpaired) electrons. The molecule has 0 spiro atoms. The lowest BCUT2D eigenvalue weighted by molar-refractivity contribution is 0.0328. The first-order chi connectivity index (χ1) is 13.3. The maximum Gasteiger partial charge on any atom is 0.187 e. The van der Waals surface area contributed by atoms with Gasteiger partial charge in [0.1, 0.15) is 0 Å². The third-order valence-electron chi connectivity index (χ3n) is 6.17. The summed E-state index contributed by atoms with van der Waals surface area (Å²) >= 11 is 0. The molecule has 0 bridgehead atoms. The van der Waals surface area contributed by atoms with Crippen LogP contribution < -0.4 is 0 Å². The zero-order valence-corrected chi connectivity index (χ0v) is 15.6. The number of fused-ring (bicyclic) bond motifs is 1. The number of hydrogen-bond donors (Lipinski definition) is 3. The largest absolute Gasteiger partial charge is 0.503 e. The summed E-state index contributed by atoms with van der Waals surface area (Å²) in [5, 5.41) is 30.6. The number of aromatic hydroxyl groups is 1. The number of benzene rings is 2. The third-order valence-corrected chi connectivity index (χ3v) is 6.17. The SMILES string of the molecule is Oc1c(F)cc(C(O)CN2CC3CC(O)(Cc4ccccc4)C[C@H]3C2)cc1F. The van der Waals surface area contributed by atoms with Crippen molar-refractivity contribution >= 4 is 0 Å². The lowest BCUT2D eigenvalue weighted by atomic mass is 9.91. The van der Waals surface area contributed by atoms with Gasteiger partial charge in [-0.15, -0.1) is 0 Å². The van der Waals surface area contributed by atoms with Crippen molar-refractivity contribution in [3.05, 3.63) is 65.2 Å². The van der Waals surface area contributed by atoms with Gasteiger partial charge in [0.25, 0.3) is 0 Å². The number of phenolic OH excluding ortho intramolecular Hbond substituents is 1. The van der Waals surface area contributed by atoms with Crippen LogP contribution >= 0.6 is 0 Å². The average molecular weight is 389 g/mol. The van der Waals surface area contributed by atoms with E-state index in [-0.39, 0.29) is 12.1 Å². The van der Waals surface area contributed by atoms with E-state index in [2.05, 4.69) is 4.90 Å². The molecule has 1 aliphatic heterocycles. The van der Waals surface area contributed by atoms with Gasteiger partial charge in [0.2, 0.25) is 0 Å². The summed E-state index contributed by atoms with van der Waals surface area (Å²) in [4.78, 5) is 2.09. The standard InChI is InChI=1S/C22H25F2NO3/c23-18-6-15(7-19(24)21(18)27)20(26)13-25-11-16-9-22(28,10-17(16)12-25)8-14-4-2-1-3-5-14/h1-7,16-17,20,26-28H,8-13H2/t16-,17?,20?,22?/m0/s1. The molecule has 0 amide bonds. The van der Waals surface area contributed by atoms with Crippen LogP contribution in [-0.2, 0) is 6.42 Å². The number of hydrogen-bond acceptors (Lipinski definition) is 4. The van der Waals surface area contributed by atoms with Crippen molar-refractivity contribution in [2.45, 2.75) is 31.0 Å². The van der Waals surface area contributed by atoms with Gasteiger partial charge in [0, 0.05) is 26.1 Å². The van der Waals surface area contributed by atoms with Crippen LogP contribution in [0.25, 0.3) is 0 Å². The number of halogens is 2. The Morgan fingerprint density at radius 3 is 2.18 bits per heavy atom. The molecular formula is C22H25F2NO3. The van der Waals surface area contributed by atoms with Gasteiger partial charge in [0.05, 0.1) is 11.7 Å². The molecular weight excluding hydrogens is 364 g/mol. The highest BCUT2D eigenvalue weighted by molar-refractivity contribution is 5.31. The first-order valence-electron chi connectivity index (χ1n) is 9.67. The summed E-state index contributed by atoms with van der Waals surface area (Å²) in [6.07, 6.45) is 1.06. The zero-order chi connectivity index (χ0) is 19.9. The quantitative estimate of drug-likeness (QED) is 0.736. The number of likely N-dealkylation sites (tertiary alicyclic amines) is 1. The zero-order valence-electron chi connectivity index (χ0n) is 15.6. The number of phenols is 1. The van der Waals surface area contributed by atoms with E-state index in [1.54, 1.807) is 0 Å². The summed E-state index contributed by atoms with van der Waals surface area (Å²) in [6, 6.07) is 11.9. The number of aliphatic hydroxyl groups is 2. The van der Waals surface area contributed by atoms with Crippen LogP contribution in [0.4, 0.5) is 8.78 Å². The van der Waals surface area contributed by atoms with Gasteiger partial charge in [0.15, 0.2) is 17.4 Å². The molecule has 1 saturated carbocycles. The highest BCUT2D eigenvalue weighted by Crippen LogP contribution is 2.45. The summed E-state index contributed by atoms with van der Waals surface area (Å²) < 4.78 is 27.0. The van der Waals surface area contributed by atoms with Crippen molar-refractivity contribution in [3.63, 3.8) is 0 Å². The molecule has 3 N–H and O–H groups in total. The van der Waals surface area contributed by atoms with E-state index in [1.165, 1.54) is 0 Å². The third kappa shape index (κ3) is 3.90. The van der Waals surface area contributed by atoms with Crippen LogP contribution in [0.2, 0.25) is 0 Å². The normalized spacial score (nSPS) is 28.4. The maximum atomic E-state index is 13.5. The smallest absolute Gasteiger partial charge is 0.187 e. The van der Waals surface area contributed by atoms with Gasteiger partial charge in [-0.3, -0.25) is 4.90 Å². The van der Waals surface area contributed by atoms with Crippen LogP contribution in [0.3, 0.4) is 0 Å². The second-order valence-corrected chi connectivity index (χ2v) is 8.38. The average Bonchev–Trinajstić information content (AvgIpc) is 3.13. The Labute approximate surface area is 163 Å². The Hall–Kier alpha value is -2.02. The molecule has 2 aromatic carbocycles. The monoisotopic (exact) mass is 389 g/mol. The van der Waals surface area contributed by atoms with Crippen LogP contribution in [0, 0.1) is 23.5 Å². The van der Waals surface area contributed by atoms with Crippen molar-refractivity contribution in [1.29, 1.82) is 0 Å². The molecule has 4 rings (SSSR count). The molecule has 1 saturated heterocycles. The summed E-state index contributed by atoms with van der Waals surface area (Å²) in [5.74, 6) is -2.45. The molecule has 6 heteroatoms. The fourth-order valence-electron chi connectivity index (χ4n) is 4.95. The number of nitrogens with zero attached hydrogens (tertiary/aromatic N) is 1. The number of rotatable bonds is 5. The number of aliphatic hydroxyl groups excluding tert-OH is 1. The predicted octanol–water partition coefficient (Wildman–Crippen LogP) is 3.02. The minimum Gasteiger partial charge on any atom is -0.503 e. The fourth-order valence-corrected chi connectivity index (χ4v) is 4.95. The molecule has 2 fully saturated rings. The lowest BCUT2D eigenvalue weighted by Crippen LogP contribution is -2.33. The minimum atomic E-state index is -1.07. The van der Waals surface area contributed by atoms with E-state index in [1.807, 2.05) is 30.3 Å². The van der Waals surface area contributed by atoms with E-state index in [4.69, 9.17) is 0 Å². The highest BCUT2D eigenvalue weighted by atomic mass is 19.1. The Morgan fingerprint density at radius 2 is 1.61 bits per heavy atom. The molecule has 0 aromatic heterocycles. The first kappa shape index (κ1) is 19.3. The molecule has 1 aliphatic carbocycles. The van der Waals surface area contributed by atoms with E-state index in [0.717, 1.165) is 43.6 Å². The van der Waals surface area contributed by atoms with Crippen molar-refractivity contribution in [2.24, 2.45) is 11.8 Å². The molecule has 4 atom stereocenters. The van der Waals surface area contributed by atoms with Crippen LogP contribution in [0.5, 0.6) is 5.75 Å². The minimum absolute atomic E-state index is 0.116. The molecule has 3 unspecified atom stereocenters. The molecule has 4 nitrogen and oxygen atoms in total. The maximum absolute atomic E-state index is 13.5. The van der Waals surface area contributed by atoms with Crippen molar-refractivity contribution < 1.29 is 24.1 Å². The Morgan fingerprint density at radius 1 is 1.04 bits per heavy atom. The lowest BCUT2D eigenvalue weighted by Gasteiger charge is -2.27. The van der Waals surface area contributed by atoms with E-state index >= 15 is 0 Å². The molecule has 2 aromatic rings. The summed E-state index contributed by atoms with van der Waals surface area (Å²) in [6.45, 7) is 1.78. The van der Waals surface area contributed by atoms with Crippen molar-refractivity contribution in [3.8, 4) is 5.75 Å². The molecule has 28 heavy (non-hydrogen) atoms. The van der Waals surface area contributed by atoms with E-state index in [0.29, 0.717) is 18.3 Å². The second-order valence-electron chi connectivity index (χ2n) is 8.38. The summed E-state index contributed by atoms with van der Waals surface area (Å²) in [5.41, 5.74) is 0.559. The van der Waals surface area contributed by atoms with Crippen molar-refractivity contribution in [1.82, 2.24) is 4.90 Å². The Bertz CT molecular complexity index is 808. The van der Waals surface area contributed by atoms with Gasteiger partial charge in [-0.2, -0.15) is 0 Å². The van der Waals surface area contributed by atoms with Crippen LogP contribution in [0.15, 0.2) is 42.5 Å². The topological polar surface area (TPSA) is 63.9 Å². The second kappa shape index (κ2) is 7.43. The Balaban J connectivity index is 1.35. The molecule has 150 valence electrons. The van der Waals surface area contributed by atoms with Gasteiger partial charge < -0.3 is 15.3 Å². The fraction of sp³-hybridized carbons (Fsp3) is 0.455. The van der Waals surface area contributed by atoms with Gasteiger partial charge in [-0.25, -0.2) is 8.78 Å². The van der Waals surface area contributed by atoms with Crippen LogP contribution in [0.1, 0.15) is 30.1 Å². The first-order valence-corrected chi connectivity index (χ1v) is 9.67. The molecule has 1 heterocycles. The van der Waals surface area contributed by atoms with Crippen molar-refractivity contribution in [2.75, 3.05) is 19.6 Å². The highest BCUT2D eigenvalue weighted by Gasteiger charge is 2.48. The van der Waals surface area contributed by atoms with Gasteiger partial charge >= 0.3 is 0 Å². The van der Waals surface area contributed by atoms with Gasteiger partial charge in [-0.05, 0) is 47.9 Å². The summed E-state index contributed by atoms with van der Waals surface area (Å²) in [7, 11) is 0. The van der Waals surface area contributed by atoms with Crippen LogP contribution in [-0.4, -0.2) is 45.5 Å². The van der Waals surface area contributed by atoms with Gasteiger partial charge in [-0.1, -0.05) is 30.3 Å². The van der Waals surface area contributed by atoms with E-state index < -0.39 is 29.1 Å².